The van der Waals surface area contributed by atoms with E-state index >= 15 is 0 Å². The van der Waals surface area contributed by atoms with Crippen LogP contribution in [0.2, 0.25) is 5.15 Å². The van der Waals surface area contributed by atoms with Crippen molar-refractivity contribution in [3.63, 3.8) is 0 Å². The van der Waals surface area contributed by atoms with Crippen LogP contribution in [-0.4, -0.2) is 52.9 Å². The van der Waals surface area contributed by atoms with E-state index in [-0.39, 0.29) is 16.6 Å². The Balaban J connectivity index is 1.76. The van der Waals surface area contributed by atoms with E-state index in [9.17, 15) is 9.18 Å². The molecule has 0 saturated carbocycles. The number of halogens is 2. The SMILES string of the molecule is O=C(c1cc(F)cnc1Cl)N1CCN2CCCCC2C1. The van der Waals surface area contributed by atoms with Crippen LogP contribution in [0.15, 0.2) is 12.3 Å². The summed E-state index contributed by atoms with van der Waals surface area (Å²) in [6.45, 7) is 3.37. The first-order valence-electron chi connectivity index (χ1n) is 6.99. The van der Waals surface area contributed by atoms with E-state index < -0.39 is 5.82 Å². The zero-order chi connectivity index (χ0) is 14.1. The Hall–Kier alpha value is -1.20. The predicted octanol–water partition coefficient (Wildman–Crippen LogP) is 2.18. The van der Waals surface area contributed by atoms with E-state index in [1.165, 1.54) is 18.9 Å². The summed E-state index contributed by atoms with van der Waals surface area (Å²) in [5.74, 6) is -0.749. The number of rotatable bonds is 1. The van der Waals surface area contributed by atoms with Gasteiger partial charge in [-0.3, -0.25) is 9.69 Å². The molecule has 2 fully saturated rings. The summed E-state index contributed by atoms with van der Waals surface area (Å²) in [6.07, 6.45) is 4.60. The highest BCUT2D eigenvalue weighted by atomic mass is 35.5. The highest BCUT2D eigenvalue weighted by Gasteiger charge is 2.32. The van der Waals surface area contributed by atoms with Crippen molar-refractivity contribution in [1.29, 1.82) is 0 Å². The number of piperazine rings is 1. The van der Waals surface area contributed by atoms with Crippen LogP contribution in [0, 0.1) is 5.82 Å². The number of carbonyl (C=O) groups is 1. The van der Waals surface area contributed by atoms with Gasteiger partial charge in [-0.2, -0.15) is 0 Å². The second-order valence-electron chi connectivity index (χ2n) is 5.43. The molecule has 2 aliphatic heterocycles. The Morgan fingerprint density at radius 3 is 3.05 bits per heavy atom. The Morgan fingerprint density at radius 1 is 1.35 bits per heavy atom. The molecule has 0 bridgehead atoms. The molecule has 0 aromatic carbocycles. The maximum Gasteiger partial charge on any atom is 0.257 e. The highest BCUT2D eigenvalue weighted by Crippen LogP contribution is 2.23. The van der Waals surface area contributed by atoms with Crippen LogP contribution >= 0.6 is 11.6 Å². The monoisotopic (exact) mass is 297 g/mol. The minimum absolute atomic E-state index is 0.0717. The molecule has 1 atom stereocenters. The van der Waals surface area contributed by atoms with E-state index in [0.29, 0.717) is 19.1 Å². The van der Waals surface area contributed by atoms with Gasteiger partial charge in [0.05, 0.1) is 11.8 Å². The number of amides is 1. The highest BCUT2D eigenvalue weighted by molar-refractivity contribution is 6.32. The molecule has 1 aromatic heterocycles. The van der Waals surface area contributed by atoms with E-state index in [1.807, 2.05) is 0 Å². The summed E-state index contributed by atoms with van der Waals surface area (Å²) in [5, 5.41) is 0.0717. The molecular weight excluding hydrogens is 281 g/mol. The summed E-state index contributed by atoms with van der Waals surface area (Å²) in [4.78, 5) is 20.4. The van der Waals surface area contributed by atoms with Crippen molar-refractivity contribution in [3.05, 3.63) is 28.8 Å². The normalized spacial score (nSPS) is 23.5. The van der Waals surface area contributed by atoms with Crippen LogP contribution in [-0.2, 0) is 0 Å². The van der Waals surface area contributed by atoms with Crippen molar-refractivity contribution < 1.29 is 9.18 Å². The molecule has 3 heterocycles. The fraction of sp³-hybridized carbons (Fsp3) is 0.571. The van der Waals surface area contributed by atoms with E-state index in [2.05, 4.69) is 9.88 Å². The van der Waals surface area contributed by atoms with Crippen LogP contribution in [0.4, 0.5) is 4.39 Å². The Labute approximate surface area is 122 Å². The van der Waals surface area contributed by atoms with Gasteiger partial charge in [0, 0.05) is 25.7 Å². The van der Waals surface area contributed by atoms with Crippen LogP contribution in [0.3, 0.4) is 0 Å². The fourth-order valence-electron chi connectivity index (χ4n) is 3.08. The van der Waals surface area contributed by atoms with Crippen molar-refractivity contribution >= 4 is 17.5 Å². The van der Waals surface area contributed by atoms with Crippen molar-refractivity contribution in [1.82, 2.24) is 14.8 Å². The number of nitrogens with zero attached hydrogens (tertiary/aromatic N) is 3. The van der Waals surface area contributed by atoms with Gasteiger partial charge in [0.1, 0.15) is 11.0 Å². The largest absolute Gasteiger partial charge is 0.336 e. The maximum absolute atomic E-state index is 13.2. The molecule has 0 aliphatic carbocycles. The molecule has 6 heteroatoms. The molecule has 1 aromatic rings. The molecule has 3 rings (SSSR count). The van der Waals surface area contributed by atoms with Gasteiger partial charge in [0.25, 0.3) is 5.91 Å². The molecule has 2 aliphatic rings. The minimum Gasteiger partial charge on any atom is -0.336 e. The molecule has 4 nitrogen and oxygen atoms in total. The molecule has 0 radical (unpaired) electrons. The maximum atomic E-state index is 13.2. The average Bonchev–Trinajstić information content (AvgIpc) is 2.48. The van der Waals surface area contributed by atoms with Crippen LogP contribution in [0.5, 0.6) is 0 Å². The van der Waals surface area contributed by atoms with Crippen LogP contribution in [0.25, 0.3) is 0 Å². The first-order valence-corrected chi connectivity index (χ1v) is 7.37. The second kappa shape index (κ2) is 5.66. The van der Waals surface area contributed by atoms with Crippen molar-refractivity contribution in [2.75, 3.05) is 26.2 Å². The van der Waals surface area contributed by atoms with E-state index in [0.717, 1.165) is 25.7 Å². The first kappa shape index (κ1) is 13.8. The van der Waals surface area contributed by atoms with Crippen LogP contribution in [0.1, 0.15) is 29.6 Å². The molecule has 2 saturated heterocycles. The number of hydrogen-bond acceptors (Lipinski definition) is 3. The third-order valence-corrected chi connectivity index (χ3v) is 4.46. The second-order valence-corrected chi connectivity index (χ2v) is 5.79. The standard InChI is InChI=1S/C14H17ClFN3O/c15-13-12(7-10(16)8-17-13)14(20)19-6-5-18-4-2-1-3-11(18)9-19/h7-8,11H,1-6,9H2. The summed E-state index contributed by atoms with van der Waals surface area (Å²) >= 11 is 5.91. The number of piperidine rings is 1. The molecular formula is C14H17ClFN3O. The number of carbonyl (C=O) groups excluding carboxylic acids is 1. The summed E-state index contributed by atoms with van der Waals surface area (Å²) in [6, 6.07) is 1.60. The lowest BCUT2D eigenvalue weighted by Gasteiger charge is -2.44. The lowest BCUT2D eigenvalue weighted by Crippen LogP contribution is -2.56. The van der Waals surface area contributed by atoms with E-state index in [1.54, 1.807) is 4.90 Å². The van der Waals surface area contributed by atoms with Gasteiger partial charge in [0.15, 0.2) is 0 Å². The Kier molecular flexibility index (Phi) is 3.89. The van der Waals surface area contributed by atoms with Gasteiger partial charge < -0.3 is 4.90 Å². The number of hydrogen-bond donors (Lipinski definition) is 0. The minimum atomic E-state index is -0.533. The summed E-state index contributed by atoms with van der Waals surface area (Å²) < 4.78 is 13.2. The summed E-state index contributed by atoms with van der Waals surface area (Å²) in [7, 11) is 0. The smallest absolute Gasteiger partial charge is 0.257 e. The van der Waals surface area contributed by atoms with Crippen molar-refractivity contribution in [2.24, 2.45) is 0 Å². The number of pyridine rings is 1. The fourth-order valence-corrected chi connectivity index (χ4v) is 3.27. The van der Waals surface area contributed by atoms with Gasteiger partial charge in [0.2, 0.25) is 0 Å². The van der Waals surface area contributed by atoms with Gasteiger partial charge >= 0.3 is 0 Å². The zero-order valence-corrected chi connectivity index (χ0v) is 11.9. The number of aromatic nitrogens is 1. The predicted molar refractivity (Wildman–Crippen MR) is 74.3 cm³/mol. The molecule has 0 spiro atoms. The van der Waals surface area contributed by atoms with Gasteiger partial charge in [-0.25, -0.2) is 9.37 Å². The summed E-state index contributed by atoms with van der Waals surface area (Å²) in [5.41, 5.74) is 0.163. The van der Waals surface area contributed by atoms with Gasteiger partial charge in [-0.1, -0.05) is 18.0 Å². The molecule has 0 N–H and O–H groups in total. The van der Waals surface area contributed by atoms with Crippen molar-refractivity contribution in [3.8, 4) is 0 Å². The molecule has 20 heavy (non-hydrogen) atoms. The van der Waals surface area contributed by atoms with Crippen LogP contribution < -0.4 is 0 Å². The van der Waals surface area contributed by atoms with Gasteiger partial charge in [-0.15, -0.1) is 0 Å². The lowest BCUT2D eigenvalue weighted by atomic mass is 9.99. The Morgan fingerprint density at radius 2 is 2.20 bits per heavy atom. The number of fused-ring (bicyclic) bond motifs is 1. The van der Waals surface area contributed by atoms with Crippen molar-refractivity contribution in [2.45, 2.75) is 25.3 Å². The quantitative estimate of drug-likeness (QED) is 0.746. The Bertz CT molecular complexity index is 525. The van der Waals surface area contributed by atoms with E-state index in [4.69, 9.17) is 11.6 Å². The first-order chi connectivity index (χ1) is 9.65. The molecule has 1 amide bonds. The van der Waals surface area contributed by atoms with Gasteiger partial charge in [-0.05, 0) is 25.5 Å². The molecule has 1 unspecified atom stereocenters. The zero-order valence-electron chi connectivity index (χ0n) is 11.2. The topological polar surface area (TPSA) is 36.4 Å². The third kappa shape index (κ3) is 2.65. The third-order valence-electron chi connectivity index (χ3n) is 4.16. The molecule has 108 valence electrons. The lowest BCUT2D eigenvalue weighted by molar-refractivity contribution is 0.0372. The average molecular weight is 298 g/mol.